The van der Waals surface area contributed by atoms with E-state index in [0.717, 1.165) is 25.7 Å². The van der Waals surface area contributed by atoms with Gasteiger partial charge in [0.25, 0.3) is 0 Å². The third-order valence-corrected chi connectivity index (χ3v) is 4.08. The minimum absolute atomic E-state index is 0.148. The molecule has 1 atom stereocenters. The molecule has 2 fully saturated rings. The Labute approximate surface area is 111 Å². The van der Waals surface area contributed by atoms with Crippen molar-refractivity contribution in [2.45, 2.75) is 50.5 Å². The average molecular weight is 268 g/mol. The molecule has 1 aliphatic heterocycles. The predicted octanol–water partition coefficient (Wildman–Crippen LogP) is 0.416. The SMILES string of the molecule is O=C1CC(C(=O)NC2(C(=O)O)CCCCCC2)CN1. The van der Waals surface area contributed by atoms with E-state index >= 15 is 0 Å². The molecule has 2 rings (SSSR count). The lowest BCUT2D eigenvalue weighted by atomic mass is 9.89. The van der Waals surface area contributed by atoms with E-state index in [-0.39, 0.29) is 18.2 Å². The molecular weight excluding hydrogens is 248 g/mol. The van der Waals surface area contributed by atoms with Crippen molar-refractivity contribution in [3.63, 3.8) is 0 Å². The van der Waals surface area contributed by atoms with Crippen LogP contribution in [0.4, 0.5) is 0 Å². The molecule has 6 nitrogen and oxygen atoms in total. The number of nitrogens with one attached hydrogen (secondary N) is 2. The van der Waals surface area contributed by atoms with Crippen molar-refractivity contribution in [3.05, 3.63) is 0 Å². The first-order valence-electron chi connectivity index (χ1n) is 6.86. The molecule has 0 aromatic rings. The summed E-state index contributed by atoms with van der Waals surface area (Å²) in [5, 5.41) is 14.8. The van der Waals surface area contributed by atoms with Crippen molar-refractivity contribution in [2.75, 3.05) is 6.54 Å². The van der Waals surface area contributed by atoms with Crippen LogP contribution in [-0.4, -0.2) is 35.0 Å². The summed E-state index contributed by atoms with van der Waals surface area (Å²) in [6.45, 7) is 0.306. The second kappa shape index (κ2) is 5.59. The summed E-state index contributed by atoms with van der Waals surface area (Å²) in [7, 11) is 0. The number of carbonyl (C=O) groups excluding carboxylic acids is 2. The van der Waals surface area contributed by atoms with Crippen molar-refractivity contribution in [1.29, 1.82) is 0 Å². The van der Waals surface area contributed by atoms with E-state index in [2.05, 4.69) is 10.6 Å². The molecule has 0 aromatic heterocycles. The molecule has 3 N–H and O–H groups in total. The monoisotopic (exact) mass is 268 g/mol. The Morgan fingerprint density at radius 3 is 2.32 bits per heavy atom. The first-order valence-corrected chi connectivity index (χ1v) is 6.86. The molecular formula is C13H20N2O4. The zero-order chi connectivity index (χ0) is 13.9. The lowest BCUT2D eigenvalue weighted by molar-refractivity contribution is -0.149. The minimum atomic E-state index is -1.14. The number of carboxylic acids is 1. The molecule has 1 saturated carbocycles. The second-order valence-corrected chi connectivity index (χ2v) is 5.50. The van der Waals surface area contributed by atoms with Crippen LogP contribution in [0.1, 0.15) is 44.9 Å². The second-order valence-electron chi connectivity index (χ2n) is 5.50. The molecule has 1 unspecified atom stereocenters. The van der Waals surface area contributed by atoms with Crippen molar-refractivity contribution >= 4 is 17.8 Å². The summed E-state index contributed by atoms with van der Waals surface area (Å²) in [5.41, 5.74) is -1.14. The maximum atomic E-state index is 12.1. The van der Waals surface area contributed by atoms with Gasteiger partial charge in [-0.15, -0.1) is 0 Å². The van der Waals surface area contributed by atoms with Gasteiger partial charge in [-0.1, -0.05) is 25.7 Å². The molecule has 0 radical (unpaired) electrons. The Hall–Kier alpha value is -1.59. The molecule has 2 amide bonds. The van der Waals surface area contributed by atoms with Crippen LogP contribution in [0.2, 0.25) is 0 Å². The van der Waals surface area contributed by atoms with E-state index in [9.17, 15) is 19.5 Å². The molecule has 0 bridgehead atoms. The van der Waals surface area contributed by atoms with Gasteiger partial charge in [0.2, 0.25) is 11.8 Å². The fraction of sp³-hybridized carbons (Fsp3) is 0.769. The highest BCUT2D eigenvalue weighted by Gasteiger charge is 2.42. The van der Waals surface area contributed by atoms with Gasteiger partial charge in [-0.25, -0.2) is 4.79 Å². The highest BCUT2D eigenvalue weighted by Crippen LogP contribution is 2.28. The van der Waals surface area contributed by atoms with Gasteiger partial charge < -0.3 is 15.7 Å². The van der Waals surface area contributed by atoms with E-state index < -0.39 is 17.4 Å². The highest BCUT2D eigenvalue weighted by atomic mass is 16.4. The van der Waals surface area contributed by atoms with Crippen LogP contribution >= 0.6 is 0 Å². The number of aliphatic carboxylic acids is 1. The Balaban J connectivity index is 2.05. The van der Waals surface area contributed by atoms with Crippen LogP contribution < -0.4 is 10.6 Å². The molecule has 1 aliphatic carbocycles. The van der Waals surface area contributed by atoms with Gasteiger partial charge in [0.15, 0.2) is 0 Å². The van der Waals surface area contributed by atoms with E-state index in [0.29, 0.717) is 19.4 Å². The Bertz CT molecular complexity index is 386. The first kappa shape index (κ1) is 13.8. The minimum Gasteiger partial charge on any atom is -0.480 e. The third-order valence-electron chi connectivity index (χ3n) is 4.08. The molecule has 106 valence electrons. The number of rotatable bonds is 3. The topological polar surface area (TPSA) is 95.5 Å². The van der Waals surface area contributed by atoms with Gasteiger partial charge in [0.1, 0.15) is 5.54 Å². The molecule has 2 aliphatic rings. The van der Waals surface area contributed by atoms with Crippen molar-refractivity contribution < 1.29 is 19.5 Å². The van der Waals surface area contributed by atoms with Gasteiger partial charge in [0.05, 0.1) is 5.92 Å². The van der Waals surface area contributed by atoms with Crippen LogP contribution in [0, 0.1) is 5.92 Å². The number of hydrogen-bond acceptors (Lipinski definition) is 3. The number of hydrogen-bond donors (Lipinski definition) is 3. The van der Waals surface area contributed by atoms with E-state index in [1.807, 2.05) is 0 Å². The molecule has 1 saturated heterocycles. The Morgan fingerprint density at radius 1 is 1.21 bits per heavy atom. The molecule has 1 heterocycles. The Morgan fingerprint density at radius 2 is 1.84 bits per heavy atom. The van der Waals surface area contributed by atoms with E-state index in [1.54, 1.807) is 0 Å². The Kier molecular flexibility index (Phi) is 4.07. The zero-order valence-corrected chi connectivity index (χ0v) is 10.9. The van der Waals surface area contributed by atoms with Crippen molar-refractivity contribution in [3.8, 4) is 0 Å². The van der Waals surface area contributed by atoms with Crippen LogP contribution in [0.25, 0.3) is 0 Å². The summed E-state index contributed by atoms with van der Waals surface area (Å²) < 4.78 is 0. The summed E-state index contributed by atoms with van der Waals surface area (Å²) in [6.07, 6.45) is 4.75. The summed E-state index contributed by atoms with van der Waals surface area (Å²) in [5.74, 6) is -1.86. The highest BCUT2D eigenvalue weighted by molar-refractivity contribution is 5.92. The van der Waals surface area contributed by atoms with Crippen LogP contribution in [-0.2, 0) is 14.4 Å². The smallest absolute Gasteiger partial charge is 0.329 e. The summed E-state index contributed by atoms with van der Waals surface area (Å²) in [6, 6.07) is 0. The maximum Gasteiger partial charge on any atom is 0.329 e. The number of carboxylic acid groups (broad SMARTS) is 1. The predicted molar refractivity (Wildman–Crippen MR) is 67.3 cm³/mol. The third kappa shape index (κ3) is 3.05. The molecule has 0 spiro atoms. The standard InChI is InChI=1S/C13H20N2O4/c16-10-7-9(8-14-10)11(17)15-13(12(18)19)5-3-1-2-4-6-13/h9H,1-8H2,(H,14,16)(H,15,17)(H,18,19). The fourth-order valence-corrected chi connectivity index (χ4v) is 2.85. The maximum absolute atomic E-state index is 12.1. The van der Waals surface area contributed by atoms with Gasteiger partial charge in [-0.05, 0) is 12.8 Å². The van der Waals surface area contributed by atoms with Crippen LogP contribution in [0.5, 0.6) is 0 Å². The lowest BCUT2D eigenvalue weighted by Gasteiger charge is -2.30. The largest absolute Gasteiger partial charge is 0.480 e. The van der Waals surface area contributed by atoms with E-state index in [4.69, 9.17) is 0 Å². The zero-order valence-electron chi connectivity index (χ0n) is 10.9. The number of amides is 2. The number of carbonyl (C=O) groups is 3. The quantitative estimate of drug-likeness (QED) is 0.646. The average Bonchev–Trinajstić information content (AvgIpc) is 2.65. The van der Waals surface area contributed by atoms with Gasteiger partial charge in [-0.2, -0.15) is 0 Å². The normalized spacial score (nSPS) is 26.3. The van der Waals surface area contributed by atoms with Gasteiger partial charge >= 0.3 is 5.97 Å². The molecule has 6 heteroatoms. The van der Waals surface area contributed by atoms with Crippen LogP contribution in [0.3, 0.4) is 0 Å². The van der Waals surface area contributed by atoms with Gasteiger partial charge in [0, 0.05) is 13.0 Å². The van der Waals surface area contributed by atoms with E-state index in [1.165, 1.54) is 0 Å². The fourth-order valence-electron chi connectivity index (χ4n) is 2.85. The molecule has 0 aromatic carbocycles. The van der Waals surface area contributed by atoms with Crippen molar-refractivity contribution in [1.82, 2.24) is 10.6 Å². The summed E-state index contributed by atoms with van der Waals surface area (Å²) >= 11 is 0. The first-order chi connectivity index (χ1) is 9.03. The van der Waals surface area contributed by atoms with Crippen LogP contribution in [0.15, 0.2) is 0 Å². The molecule has 19 heavy (non-hydrogen) atoms. The summed E-state index contributed by atoms with van der Waals surface area (Å²) in [4.78, 5) is 34.8. The van der Waals surface area contributed by atoms with Crippen molar-refractivity contribution in [2.24, 2.45) is 5.92 Å². The lowest BCUT2D eigenvalue weighted by Crippen LogP contribution is -2.55. The van der Waals surface area contributed by atoms with Gasteiger partial charge in [-0.3, -0.25) is 9.59 Å².